The van der Waals surface area contributed by atoms with Crippen LogP contribution in [0.3, 0.4) is 0 Å². The first-order chi connectivity index (χ1) is 14.7. The number of hydrogen-bond donors (Lipinski definition) is 2. The fraction of sp³-hybridized carbons (Fsp3) is 0.391. The van der Waals surface area contributed by atoms with Crippen molar-refractivity contribution in [3.8, 4) is 5.75 Å². The first-order valence-electron chi connectivity index (χ1n) is 10.4. The third-order valence-corrected chi connectivity index (χ3v) is 5.06. The molecule has 0 saturated carbocycles. The number of anilines is 1. The number of nitrogens with one attached hydrogen (secondary N) is 2. The van der Waals surface area contributed by atoms with Gasteiger partial charge in [-0.3, -0.25) is 4.79 Å². The third-order valence-electron chi connectivity index (χ3n) is 5.06. The van der Waals surface area contributed by atoms with Crippen LogP contribution in [0.2, 0.25) is 0 Å². The van der Waals surface area contributed by atoms with Gasteiger partial charge in [-0.25, -0.2) is 4.99 Å². The average Bonchev–Trinajstić information content (AvgIpc) is 2.81. The number of ether oxygens (including phenoxy) is 1. The van der Waals surface area contributed by atoms with Crippen molar-refractivity contribution in [3.63, 3.8) is 0 Å². The van der Waals surface area contributed by atoms with Gasteiger partial charge in [0.2, 0.25) is 5.91 Å². The molecule has 7 nitrogen and oxygen atoms in total. The molecule has 0 spiro atoms. The number of piperazine rings is 1. The number of benzene rings is 2. The van der Waals surface area contributed by atoms with Crippen LogP contribution in [0.5, 0.6) is 5.75 Å². The Morgan fingerprint density at radius 1 is 1.00 bits per heavy atom. The highest BCUT2D eigenvalue weighted by atomic mass is 16.5. The Labute approximate surface area is 178 Å². The number of methoxy groups -OCH3 is 1. The van der Waals surface area contributed by atoms with Crippen LogP contribution in [-0.4, -0.2) is 63.1 Å². The lowest BCUT2D eigenvalue weighted by Crippen LogP contribution is -2.52. The van der Waals surface area contributed by atoms with E-state index in [4.69, 9.17) is 4.74 Å². The molecule has 1 amide bonds. The van der Waals surface area contributed by atoms with Crippen molar-refractivity contribution in [1.29, 1.82) is 0 Å². The van der Waals surface area contributed by atoms with Gasteiger partial charge in [0, 0.05) is 45.0 Å². The molecular weight excluding hydrogens is 378 g/mol. The van der Waals surface area contributed by atoms with Gasteiger partial charge in [-0.05, 0) is 36.8 Å². The zero-order valence-electron chi connectivity index (χ0n) is 17.8. The van der Waals surface area contributed by atoms with Crippen molar-refractivity contribution < 1.29 is 9.53 Å². The van der Waals surface area contributed by atoms with Crippen LogP contribution in [0, 0.1) is 0 Å². The summed E-state index contributed by atoms with van der Waals surface area (Å²) in [5.74, 6) is 1.51. The molecule has 0 bridgehead atoms. The number of hydrogen-bond acceptors (Lipinski definition) is 4. The monoisotopic (exact) mass is 409 g/mol. The average molecular weight is 410 g/mol. The molecule has 2 aromatic rings. The zero-order valence-corrected chi connectivity index (χ0v) is 17.8. The summed E-state index contributed by atoms with van der Waals surface area (Å²) in [6.07, 6.45) is 0. The number of aliphatic imine (C=N–C) groups is 1. The van der Waals surface area contributed by atoms with Gasteiger partial charge in [0.05, 0.1) is 7.11 Å². The molecule has 0 aromatic heterocycles. The largest absolute Gasteiger partial charge is 0.497 e. The zero-order chi connectivity index (χ0) is 21.2. The van der Waals surface area contributed by atoms with Gasteiger partial charge >= 0.3 is 0 Å². The number of carbonyl (C=O) groups excluding carboxylic acids is 1. The molecule has 7 heteroatoms. The highest BCUT2D eigenvalue weighted by Gasteiger charge is 2.19. The van der Waals surface area contributed by atoms with E-state index in [-0.39, 0.29) is 12.5 Å². The Kier molecular flexibility index (Phi) is 7.94. The molecule has 0 unspecified atom stereocenters. The van der Waals surface area contributed by atoms with Gasteiger partial charge < -0.3 is 25.2 Å². The third kappa shape index (κ3) is 6.14. The maximum absolute atomic E-state index is 12.3. The first kappa shape index (κ1) is 21.5. The molecule has 0 atom stereocenters. The molecule has 1 aliphatic heterocycles. The van der Waals surface area contributed by atoms with Gasteiger partial charge in [0.15, 0.2) is 5.96 Å². The predicted octanol–water partition coefficient (Wildman–Crippen LogP) is 2.10. The maximum atomic E-state index is 12.3. The number of guanidine groups is 1. The quantitative estimate of drug-likeness (QED) is 0.541. The molecule has 1 saturated heterocycles. The molecule has 0 aliphatic carbocycles. The second-order valence-corrected chi connectivity index (χ2v) is 7.10. The topological polar surface area (TPSA) is 69.2 Å². The van der Waals surface area contributed by atoms with Crippen LogP contribution in [0.1, 0.15) is 12.5 Å². The summed E-state index contributed by atoms with van der Waals surface area (Å²) in [6.45, 7) is 6.99. The van der Waals surface area contributed by atoms with Gasteiger partial charge in [0.1, 0.15) is 12.3 Å². The molecule has 1 heterocycles. The van der Waals surface area contributed by atoms with Crippen molar-refractivity contribution in [2.45, 2.75) is 13.5 Å². The Hall–Kier alpha value is -3.22. The minimum Gasteiger partial charge on any atom is -0.497 e. The van der Waals surface area contributed by atoms with E-state index in [1.54, 1.807) is 7.11 Å². The minimum absolute atomic E-state index is 0.0934. The van der Waals surface area contributed by atoms with Crippen molar-refractivity contribution in [2.24, 2.45) is 4.99 Å². The fourth-order valence-electron chi connectivity index (χ4n) is 3.39. The van der Waals surface area contributed by atoms with Crippen LogP contribution in [0.25, 0.3) is 0 Å². The summed E-state index contributed by atoms with van der Waals surface area (Å²) < 4.78 is 5.15. The number of amides is 1. The van der Waals surface area contributed by atoms with Gasteiger partial charge in [-0.15, -0.1) is 0 Å². The Bertz CT molecular complexity index is 815. The lowest BCUT2D eigenvalue weighted by atomic mass is 10.2. The molecule has 3 rings (SSSR count). The Morgan fingerprint density at radius 2 is 1.70 bits per heavy atom. The first-order valence-corrected chi connectivity index (χ1v) is 10.4. The van der Waals surface area contributed by atoms with Crippen molar-refractivity contribution in [2.75, 3.05) is 51.3 Å². The second kappa shape index (κ2) is 11.1. The van der Waals surface area contributed by atoms with Crippen LogP contribution in [-0.2, 0) is 11.3 Å². The van der Waals surface area contributed by atoms with E-state index in [9.17, 15) is 4.79 Å². The highest BCUT2D eigenvalue weighted by molar-refractivity contribution is 5.85. The molecular formula is C23H31N5O2. The van der Waals surface area contributed by atoms with Gasteiger partial charge in [0.25, 0.3) is 0 Å². The van der Waals surface area contributed by atoms with E-state index < -0.39 is 0 Å². The lowest BCUT2D eigenvalue weighted by molar-refractivity contribution is -0.119. The summed E-state index contributed by atoms with van der Waals surface area (Å²) in [4.78, 5) is 21.4. The molecule has 2 aromatic carbocycles. The number of rotatable bonds is 7. The van der Waals surface area contributed by atoms with Crippen LogP contribution >= 0.6 is 0 Å². The smallest absolute Gasteiger partial charge is 0.242 e. The summed E-state index contributed by atoms with van der Waals surface area (Å²) >= 11 is 0. The number of nitrogens with zero attached hydrogens (tertiary/aromatic N) is 3. The van der Waals surface area contributed by atoms with Crippen molar-refractivity contribution in [1.82, 2.24) is 15.5 Å². The minimum atomic E-state index is -0.0934. The predicted molar refractivity (Wildman–Crippen MR) is 121 cm³/mol. The van der Waals surface area contributed by atoms with E-state index in [1.807, 2.05) is 37.3 Å². The van der Waals surface area contributed by atoms with Gasteiger partial charge in [-0.1, -0.05) is 30.3 Å². The van der Waals surface area contributed by atoms with Crippen LogP contribution < -0.4 is 20.3 Å². The lowest BCUT2D eigenvalue weighted by Gasteiger charge is -2.37. The summed E-state index contributed by atoms with van der Waals surface area (Å²) in [7, 11) is 1.64. The van der Waals surface area contributed by atoms with E-state index in [0.717, 1.165) is 50.0 Å². The highest BCUT2D eigenvalue weighted by Crippen LogP contribution is 2.15. The molecule has 30 heavy (non-hydrogen) atoms. The number of carbonyl (C=O) groups is 1. The summed E-state index contributed by atoms with van der Waals surface area (Å²) in [5.41, 5.74) is 2.27. The van der Waals surface area contributed by atoms with Gasteiger partial charge in [-0.2, -0.15) is 0 Å². The maximum Gasteiger partial charge on any atom is 0.242 e. The molecule has 160 valence electrons. The SMILES string of the molecule is CCNC(=NCC(=O)NCc1ccc(OC)cc1)N1CCN(c2ccccc2)CC1. The van der Waals surface area contributed by atoms with E-state index in [2.05, 4.69) is 49.7 Å². The number of para-hydroxylation sites is 1. The van der Waals surface area contributed by atoms with E-state index >= 15 is 0 Å². The summed E-state index contributed by atoms with van der Waals surface area (Å²) in [6, 6.07) is 18.1. The molecule has 2 N–H and O–H groups in total. The van der Waals surface area contributed by atoms with E-state index in [0.29, 0.717) is 6.54 Å². The Morgan fingerprint density at radius 3 is 2.33 bits per heavy atom. The van der Waals surface area contributed by atoms with Crippen LogP contribution in [0.4, 0.5) is 5.69 Å². The molecule has 0 radical (unpaired) electrons. The fourth-order valence-corrected chi connectivity index (χ4v) is 3.39. The molecule has 1 aliphatic rings. The van der Waals surface area contributed by atoms with Crippen molar-refractivity contribution in [3.05, 3.63) is 60.2 Å². The van der Waals surface area contributed by atoms with E-state index in [1.165, 1.54) is 5.69 Å². The normalized spacial score (nSPS) is 14.4. The Balaban J connectivity index is 1.49. The standard InChI is InChI=1S/C23H31N5O2/c1-3-24-23(28-15-13-27(14-16-28)20-7-5-4-6-8-20)26-18-22(29)25-17-19-9-11-21(30-2)12-10-19/h4-12H,3,13-18H2,1-2H3,(H,24,26)(H,25,29). The summed E-state index contributed by atoms with van der Waals surface area (Å²) in [5, 5.41) is 6.24. The van der Waals surface area contributed by atoms with Crippen LogP contribution in [0.15, 0.2) is 59.6 Å². The molecule has 1 fully saturated rings. The van der Waals surface area contributed by atoms with Crippen molar-refractivity contribution >= 4 is 17.6 Å². The second-order valence-electron chi connectivity index (χ2n) is 7.10.